The number of nitrogens with one attached hydrogen (secondary N) is 2. The van der Waals surface area contributed by atoms with Gasteiger partial charge in [0.2, 0.25) is 5.95 Å². The summed E-state index contributed by atoms with van der Waals surface area (Å²) >= 11 is 0. The standard InChI is InChI=1S/C35H46N4O6S/c1-22-9-7-10-23(2)31(22)30-20-27(37-34(38-30)39-46(43,44)29-12-8-11-25(19-29)32(40)41)17-18-28(21-35(3,4)5)36-26-15-13-24(14-16-26)33(42)45-6/h7-12,19-20,24,26,28,36H,13-18,21H2,1-6H3,(H,40,41)(H,37,38,39). The van der Waals surface area contributed by atoms with Gasteiger partial charge >= 0.3 is 11.9 Å². The van der Waals surface area contributed by atoms with E-state index in [0.29, 0.717) is 23.9 Å². The van der Waals surface area contributed by atoms with Crippen LogP contribution >= 0.6 is 0 Å². The number of ether oxygens (including phenoxy) is 1. The number of benzene rings is 2. The van der Waals surface area contributed by atoms with Crippen LogP contribution in [0.25, 0.3) is 11.3 Å². The number of anilines is 1. The molecule has 0 bridgehead atoms. The van der Waals surface area contributed by atoms with E-state index in [1.54, 1.807) is 0 Å². The Morgan fingerprint density at radius 2 is 1.65 bits per heavy atom. The molecule has 3 N–H and O–H groups in total. The number of sulfonamides is 1. The fraction of sp³-hybridized carbons (Fsp3) is 0.486. The number of aromatic nitrogens is 2. The van der Waals surface area contributed by atoms with Crippen LogP contribution in [-0.4, -0.2) is 54.6 Å². The summed E-state index contributed by atoms with van der Waals surface area (Å²) in [5.41, 5.74) is 4.15. The highest BCUT2D eigenvalue weighted by atomic mass is 32.2. The normalized spacial score (nSPS) is 17.7. The third kappa shape index (κ3) is 9.35. The molecule has 1 aromatic heterocycles. The molecule has 4 rings (SSSR count). The molecule has 1 aliphatic carbocycles. The molecule has 1 heterocycles. The van der Waals surface area contributed by atoms with Gasteiger partial charge in [-0.1, -0.05) is 45.0 Å². The van der Waals surface area contributed by atoms with Gasteiger partial charge in [0.1, 0.15) is 0 Å². The van der Waals surface area contributed by atoms with Gasteiger partial charge in [0.25, 0.3) is 10.0 Å². The molecule has 10 nitrogen and oxygen atoms in total. The van der Waals surface area contributed by atoms with Crippen LogP contribution in [0.5, 0.6) is 0 Å². The number of rotatable bonds is 12. The van der Waals surface area contributed by atoms with E-state index >= 15 is 0 Å². The maximum Gasteiger partial charge on any atom is 0.335 e. The summed E-state index contributed by atoms with van der Waals surface area (Å²) in [5, 5.41) is 13.2. The lowest BCUT2D eigenvalue weighted by atomic mass is 9.83. The first kappa shape index (κ1) is 35.0. The van der Waals surface area contributed by atoms with E-state index in [9.17, 15) is 23.1 Å². The summed E-state index contributed by atoms with van der Waals surface area (Å²) in [7, 11) is -2.73. The molecule has 1 unspecified atom stereocenters. The first-order chi connectivity index (χ1) is 21.6. The maximum absolute atomic E-state index is 13.4. The number of carbonyl (C=O) groups excluding carboxylic acids is 1. The molecular weight excluding hydrogens is 604 g/mol. The Balaban J connectivity index is 1.62. The maximum atomic E-state index is 13.4. The van der Waals surface area contributed by atoms with Crippen LogP contribution in [0.4, 0.5) is 5.95 Å². The minimum Gasteiger partial charge on any atom is -0.478 e. The molecule has 1 saturated carbocycles. The summed E-state index contributed by atoms with van der Waals surface area (Å²) in [6, 6.07) is 13.5. The minimum absolute atomic E-state index is 0.0396. The molecule has 0 aliphatic heterocycles. The zero-order chi connectivity index (χ0) is 33.6. The predicted molar refractivity (Wildman–Crippen MR) is 178 cm³/mol. The van der Waals surface area contributed by atoms with Crippen molar-refractivity contribution in [1.82, 2.24) is 15.3 Å². The van der Waals surface area contributed by atoms with Crippen LogP contribution in [0, 0.1) is 25.2 Å². The topological polar surface area (TPSA) is 148 Å². The second-order valence-electron chi connectivity index (χ2n) is 13.5. The lowest BCUT2D eigenvalue weighted by molar-refractivity contribution is -0.146. The lowest BCUT2D eigenvalue weighted by Crippen LogP contribution is -2.43. The van der Waals surface area contributed by atoms with Crippen molar-refractivity contribution in [3.63, 3.8) is 0 Å². The van der Waals surface area contributed by atoms with Crippen LogP contribution in [0.15, 0.2) is 53.4 Å². The van der Waals surface area contributed by atoms with Crippen LogP contribution in [-0.2, 0) is 26.0 Å². The molecule has 0 radical (unpaired) electrons. The van der Waals surface area contributed by atoms with Gasteiger partial charge in [0, 0.05) is 23.3 Å². The van der Waals surface area contributed by atoms with Gasteiger partial charge in [-0.25, -0.2) is 27.9 Å². The molecule has 11 heteroatoms. The summed E-state index contributed by atoms with van der Waals surface area (Å²) < 4.78 is 34.2. The van der Waals surface area contributed by atoms with Gasteiger partial charge in [-0.2, -0.15) is 0 Å². The number of esters is 1. The molecule has 1 atom stereocenters. The Morgan fingerprint density at radius 3 is 2.26 bits per heavy atom. The van der Waals surface area contributed by atoms with Gasteiger partial charge in [-0.3, -0.25) is 4.79 Å². The number of hydrogen-bond acceptors (Lipinski definition) is 8. The fourth-order valence-corrected chi connectivity index (χ4v) is 7.28. The van der Waals surface area contributed by atoms with Crippen LogP contribution in [0.3, 0.4) is 0 Å². The van der Waals surface area contributed by atoms with Crippen molar-refractivity contribution >= 4 is 27.9 Å². The van der Waals surface area contributed by atoms with Gasteiger partial charge in [-0.15, -0.1) is 0 Å². The number of hydrogen-bond donors (Lipinski definition) is 3. The molecule has 0 spiro atoms. The molecule has 0 amide bonds. The van der Waals surface area contributed by atoms with Crippen molar-refractivity contribution in [2.24, 2.45) is 11.3 Å². The SMILES string of the molecule is COC(=O)C1CCC(NC(CCc2cc(-c3c(C)cccc3C)nc(NS(=O)(=O)c3cccc(C(=O)O)c3)n2)CC(C)(C)C)CC1. The number of aromatic carboxylic acids is 1. The van der Waals surface area contributed by atoms with E-state index in [1.807, 2.05) is 38.1 Å². The molecule has 3 aromatic rings. The van der Waals surface area contributed by atoms with Crippen LogP contribution in [0.2, 0.25) is 0 Å². The molecule has 248 valence electrons. The smallest absolute Gasteiger partial charge is 0.335 e. The third-order valence-electron chi connectivity index (χ3n) is 8.47. The van der Waals surface area contributed by atoms with Gasteiger partial charge in [0.05, 0.1) is 29.2 Å². The molecule has 0 saturated heterocycles. The summed E-state index contributed by atoms with van der Waals surface area (Å²) in [4.78, 5) is 32.6. The van der Waals surface area contributed by atoms with Gasteiger partial charge < -0.3 is 15.2 Å². The molecule has 1 aliphatic rings. The first-order valence-corrected chi connectivity index (χ1v) is 17.3. The van der Waals surface area contributed by atoms with Crippen molar-refractivity contribution in [1.29, 1.82) is 0 Å². The fourth-order valence-electron chi connectivity index (χ4n) is 6.29. The van der Waals surface area contributed by atoms with Crippen molar-refractivity contribution in [3.8, 4) is 11.3 Å². The Labute approximate surface area is 272 Å². The second kappa shape index (κ2) is 14.7. The third-order valence-corrected chi connectivity index (χ3v) is 9.80. The zero-order valence-corrected chi connectivity index (χ0v) is 28.4. The zero-order valence-electron chi connectivity index (χ0n) is 27.6. The van der Waals surface area contributed by atoms with E-state index in [4.69, 9.17) is 4.74 Å². The second-order valence-corrected chi connectivity index (χ2v) is 15.2. The number of carbonyl (C=O) groups is 2. The largest absolute Gasteiger partial charge is 0.478 e. The van der Waals surface area contributed by atoms with E-state index < -0.39 is 16.0 Å². The minimum atomic E-state index is -4.18. The quantitative estimate of drug-likeness (QED) is 0.192. The van der Waals surface area contributed by atoms with Crippen molar-refractivity contribution in [2.45, 2.75) is 96.5 Å². The number of aryl methyl sites for hydroxylation is 3. The van der Waals surface area contributed by atoms with Crippen LogP contribution < -0.4 is 10.0 Å². The molecule has 2 aromatic carbocycles. The van der Waals surface area contributed by atoms with Gasteiger partial charge in [-0.05, 0) is 99.6 Å². The van der Waals surface area contributed by atoms with E-state index in [0.717, 1.165) is 61.3 Å². The van der Waals surface area contributed by atoms with E-state index in [1.165, 1.54) is 25.3 Å². The number of nitrogens with zero attached hydrogens (tertiary/aromatic N) is 2. The van der Waals surface area contributed by atoms with Crippen molar-refractivity contribution in [2.75, 3.05) is 11.8 Å². The number of carboxylic acids is 1. The van der Waals surface area contributed by atoms with Crippen molar-refractivity contribution < 1.29 is 27.9 Å². The average molecular weight is 651 g/mol. The number of carboxylic acid groups (broad SMARTS) is 1. The van der Waals surface area contributed by atoms with Crippen LogP contribution in [0.1, 0.15) is 86.5 Å². The Kier molecular flexibility index (Phi) is 11.2. The molecule has 46 heavy (non-hydrogen) atoms. The molecule has 1 fully saturated rings. The highest BCUT2D eigenvalue weighted by Gasteiger charge is 2.29. The van der Waals surface area contributed by atoms with E-state index in [2.05, 4.69) is 40.8 Å². The van der Waals surface area contributed by atoms with Gasteiger partial charge in [0.15, 0.2) is 0 Å². The Hall–Kier alpha value is -3.83. The monoisotopic (exact) mass is 650 g/mol. The van der Waals surface area contributed by atoms with Crippen molar-refractivity contribution in [3.05, 3.63) is 70.9 Å². The first-order valence-electron chi connectivity index (χ1n) is 15.8. The highest BCUT2D eigenvalue weighted by molar-refractivity contribution is 7.92. The molecular formula is C35H46N4O6S. The van der Waals surface area contributed by atoms with E-state index in [-0.39, 0.29) is 39.8 Å². The Morgan fingerprint density at radius 1 is 1.00 bits per heavy atom. The number of methoxy groups -OCH3 is 1. The predicted octanol–water partition coefficient (Wildman–Crippen LogP) is 6.32. The Bertz CT molecular complexity index is 1640. The summed E-state index contributed by atoms with van der Waals surface area (Å²) in [5.74, 6) is -1.46. The summed E-state index contributed by atoms with van der Waals surface area (Å²) in [6.45, 7) is 10.6. The lowest BCUT2D eigenvalue weighted by Gasteiger charge is -2.34. The summed E-state index contributed by atoms with van der Waals surface area (Å²) in [6.07, 6.45) is 5.68. The highest BCUT2D eigenvalue weighted by Crippen LogP contribution is 2.30. The average Bonchev–Trinajstić information content (AvgIpc) is 2.99.